The molecule has 0 radical (unpaired) electrons. The zero-order valence-corrected chi connectivity index (χ0v) is 11.9. The molecule has 0 fully saturated rings. The number of fused-ring (bicyclic) bond motifs is 2. The van der Waals surface area contributed by atoms with Crippen LogP contribution in [0.25, 0.3) is 11.0 Å². The van der Waals surface area contributed by atoms with Gasteiger partial charge in [-0.1, -0.05) is 36.4 Å². The van der Waals surface area contributed by atoms with Crippen molar-refractivity contribution in [2.24, 2.45) is 0 Å². The smallest absolute Gasteiger partial charge is 0.134 e. The number of nitrogens with one attached hydrogen (secondary N) is 1. The highest BCUT2D eigenvalue weighted by atomic mass is 16.5. The fraction of sp³-hybridized carbons (Fsp3) is 0.222. The molecule has 1 aliphatic heterocycles. The van der Waals surface area contributed by atoms with Crippen molar-refractivity contribution in [2.45, 2.75) is 12.0 Å². The Morgan fingerprint density at radius 2 is 1.90 bits per heavy atom. The molecule has 0 amide bonds. The minimum atomic E-state index is 0.112. The number of likely N-dealkylation sites (N-methyl/N-ethyl adjacent to an activating group) is 1. The Bertz CT molecular complexity index is 744. The molecule has 0 bridgehead atoms. The third-order valence-electron chi connectivity index (χ3n) is 4.20. The van der Waals surface area contributed by atoms with E-state index in [1.54, 1.807) is 0 Å². The van der Waals surface area contributed by atoms with Crippen molar-refractivity contribution in [3.05, 3.63) is 65.9 Å². The molecule has 0 saturated carbocycles. The van der Waals surface area contributed by atoms with Gasteiger partial charge < -0.3 is 14.5 Å². The molecule has 0 spiro atoms. The number of hydrogen-bond acceptors (Lipinski definition) is 3. The summed E-state index contributed by atoms with van der Waals surface area (Å²) in [6, 6.07) is 18.6. The molecule has 3 heteroatoms. The molecule has 2 aromatic carbocycles. The van der Waals surface area contributed by atoms with E-state index in [2.05, 4.69) is 29.6 Å². The van der Waals surface area contributed by atoms with Gasteiger partial charge in [0, 0.05) is 16.9 Å². The van der Waals surface area contributed by atoms with Gasteiger partial charge in [0.1, 0.15) is 17.1 Å². The second kappa shape index (κ2) is 4.93. The molecule has 1 aliphatic rings. The molecule has 106 valence electrons. The molecule has 3 aromatic rings. The van der Waals surface area contributed by atoms with Crippen molar-refractivity contribution in [1.82, 2.24) is 5.32 Å². The van der Waals surface area contributed by atoms with Crippen LogP contribution in [-0.4, -0.2) is 13.7 Å². The summed E-state index contributed by atoms with van der Waals surface area (Å²) in [6.07, 6.45) is 0. The van der Waals surface area contributed by atoms with Crippen LogP contribution in [0.2, 0.25) is 0 Å². The van der Waals surface area contributed by atoms with Crippen LogP contribution < -0.4 is 10.1 Å². The molecule has 0 saturated heterocycles. The van der Waals surface area contributed by atoms with Gasteiger partial charge in [0.25, 0.3) is 0 Å². The molecular formula is C18H17NO2. The Hall–Kier alpha value is -2.26. The van der Waals surface area contributed by atoms with E-state index in [1.165, 1.54) is 5.56 Å². The molecule has 2 heterocycles. The van der Waals surface area contributed by atoms with Crippen molar-refractivity contribution in [3.8, 4) is 5.75 Å². The lowest BCUT2D eigenvalue weighted by Gasteiger charge is -2.20. The monoisotopic (exact) mass is 279 g/mol. The Balaban J connectivity index is 1.75. The minimum absolute atomic E-state index is 0.112. The van der Waals surface area contributed by atoms with Crippen LogP contribution >= 0.6 is 0 Å². The average Bonchev–Trinajstić information content (AvgIpc) is 3.13. The highest BCUT2D eigenvalue weighted by Gasteiger charge is 2.33. The summed E-state index contributed by atoms with van der Waals surface area (Å²) in [6.45, 7) is 0.682. The highest BCUT2D eigenvalue weighted by molar-refractivity contribution is 5.77. The maximum absolute atomic E-state index is 6.03. The van der Waals surface area contributed by atoms with Crippen LogP contribution in [-0.2, 0) is 0 Å². The maximum Gasteiger partial charge on any atom is 0.134 e. The predicted octanol–water partition coefficient (Wildman–Crippen LogP) is 3.87. The predicted molar refractivity (Wildman–Crippen MR) is 82.7 cm³/mol. The number of furan rings is 1. The first-order chi connectivity index (χ1) is 10.4. The maximum atomic E-state index is 6.03. The molecule has 1 N–H and O–H groups in total. The van der Waals surface area contributed by atoms with Gasteiger partial charge in [-0.05, 0) is 25.2 Å². The van der Waals surface area contributed by atoms with Crippen LogP contribution in [0, 0.1) is 0 Å². The van der Waals surface area contributed by atoms with Crippen LogP contribution in [0.3, 0.4) is 0 Å². The molecule has 0 aliphatic carbocycles. The van der Waals surface area contributed by atoms with Gasteiger partial charge >= 0.3 is 0 Å². The van der Waals surface area contributed by atoms with E-state index >= 15 is 0 Å². The number of hydrogen-bond donors (Lipinski definition) is 1. The molecule has 1 aromatic heterocycles. The Morgan fingerprint density at radius 1 is 1.10 bits per heavy atom. The van der Waals surface area contributed by atoms with Crippen LogP contribution in [0.4, 0.5) is 0 Å². The normalized spacial score (nSPS) is 18.4. The van der Waals surface area contributed by atoms with E-state index < -0.39 is 0 Å². The summed E-state index contributed by atoms with van der Waals surface area (Å²) in [7, 11) is 1.97. The van der Waals surface area contributed by atoms with Gasteiger partial charge in [0.05, 0.1) is 12.6 Å². The Kier molecular flexibility index (Phi) is 2.93. The molecule has 2 unspecified atom stereocenters. The third-order valence-corrected chi connectivity index (χ3v) is 4.20. The topological polar surface area (TPSA) is 34.4 Å². The number of benzene rings is 2. The quantitative estimate of drug-likeness (QED) is 0.790. The highest BCUT2D eigenvalue weighted by Crippen LogP contribution is 2.41. The summed E-state index contributed by atoms with van der Waals surface area (Å²) in [5, 5.41) is 4.53. The van der Waals surface area contributed by atoms with Crippen LogP contribution in [0.1, 0.15) is 23.3 Å². The molecule has 21 heavy (non-hydrogen) atoms. The Labute approximate surface area is 123 Å². The van der Waals surface area contributed by atoms with Crippen LogP contribution in [0.15, 0.2) is 59.0 Å². The zero-order valence-electron chi connectivity index (χ0n) is 11.9. The first-order valence-corrected chi connectivity index (χ1v) is 7.24. The van der Waals surface area contributed by atoms with Crippen molar-refractivity contribution < 1.29 is 9.15 Å². The van der Waals surface area contributed by atoms with Gasteiger partial charge in [0.15, 0.2) is 0 Å². The lowest BCUT2D eigenvalue weighted by molar-refractivity contribution is 0.290. The summed E-state index contributed by atoms with van der Waals surface area (Å²) in [5.74, 6) is 2.22. The number of para-hydroxylation sites is 2. The molecular weight excluding hydrogens is 262 g/mol. The number of ether oxygens (including phenoxy) is 1. The van der Waals surface area contributed by atoms with Crippen LogP contribution in [0.5, 0.6) is 5.75 Å². The van der Waals surface area contributed by atoms with Crippen molar-refractivity contribution in [1.29, 1.82) is 0 Å². The largest absolute Gasteiger partial charge is 0.493 e. The van der Waals surface area contributed by atoms with E-state index in [9.17, 15) is 0 Å². The van der Waals surface area contributed by atoms with Gasteiger partial charge in [-0.15, -0.1) is 0 Å². The standard InChI is InChI=1S/C18H17NO2/c1-19-18(14-11-20-16-9-5-3-7-13(14)16)17-10-12-6-2-4-8-15(12)21-17/h2-10,14,18-19H,11H2,1H3. The van der Waals surface area contributed by atoms with Gasteiger partial charge in [-0.2, -0.15) is 0 Å². The fourth-order valence-electron chi connectivity index (χ4n) is 3.16. The minimum Gasteiger partial charge on any atom is -0.493 e. The average molecular weight is 279 g/mol. The van der Waals surface area contributed by atoms with E-state index in [0.29, 0.717) is 6.61 Å². The van der Waals surface area contributed by atoms with E-state index in [1.807, 2.05) is 37.4 Å². The summed E-state index contributed by atoms with van der Waals surface area (Å²) < 4.78 is 11.8. The molecule has 4 rings (SSSR count). The van der Waals surface area contributed by atoms with Gasteiger partial charge in [0.2, 0.25) is 0 Å². The van der Waals surface area contributed by atoms with E-state index in [0.717, 1.165) is 22.5 Å². The van der Waals surface area contributed by atoms with E-state index in [-0.39, 0.29) is 12.0 Å². The van der Waals surface area contributed by atoms with Crippen molar-refractivity contribution in [2.75, 3.05) is 13.7 Å². The second-order valence-electron chi connectivity index (χ2n) is 5.41. The summed E-state index contributed by atoms with van der Waals surface area (Å²) in [4.78, 5) is 0. The third kappa shape index (κ3) is 2.01. The second-order valence-corrected chi connectivity index (χ2v) is 5.41. The van der Waals surface area contributed by atoms with Gasteiger partial charge in [-0.3, -0.25) is 0 Å². The lowest BCUT2D eigenvalue weighted by atomic mass is 9.92. The first-order valence-electron chi connectivity index (χ1n) is 7.24. The van der Waals surface area contributed by atoms with Crippen molar-refractivity contribution in [3.63, 3.8) is 0 Å². The summed E-state index contributed by atoms with van der Waals surface area (Å²) in [5.41, 5.74) is 2.18. The molecule has 3 nitrogen and oxygen atoms in total. The molecule has 2 atom stereocenters. The van der Waals surface area contributed by atoms with Crippen molar-refractivity contribution >= 4 is 11.0 Å². The van der Waals surface area contributed by atoms with Gasteiger partial charge in [-0.25, -0.2) is 0 Å². The SMILES string of the molecule is CNC(c1cc2ccccc2o1)C1COc2ccccc21. The summed E-state index contributed by atoms with van der Waals surface area (Å²) >= 11 is 0. The Morgan fingerprint density at radius 3 is 2.76 bits per heavy atom. The lowest BCUT2D eigenvalue weighted by Crippen LogP contribution is -2.24. The zero-order chi connectivity index (χ0) is 14.2. The fourth-order valence-corrected chi connectivity index (χ4v) is 3.16. The van der Waals surface area contributed by atoms with E-state index in [4.69, 9.17) is 9.15 Å². The first kappa shape index (κ1) is 12.5. The number of rotatable bonds is 3.